The predicted molar refractivity (Wildman–Crippen MR) is 430 cm³/mol. The van der Waals surface area contributed by atoms with Gasteiger partial charge in [0.15, 0.2) is 5.69 Å². The molecule has 1 N–H and O–H groups in total. The summed E-state index contributed by atoms with van der Waals surface area (Å²) in [5.74, 6) is 0.677. The summed E-state index contributed by atoms with van der Waals surface area (Å²) in [5.41, 5.74) is 13.3. The van der Waals surface area contributed by atoms with E-state index < -0.39 is 0 Å². The number of para-hydroxylation sites is 3. The quantitative estimate of drug-likeness (QED) is 0.140. The minimum atomic E-state index is 0.265. The van der Waals surface area contributed by atoms with E-state index in [2.05, 4.69) is 232 Å². The normalized spacial score (nSPS) is 12.4. The lowest BCUT2D eigenvalue weighted by atomic mass is 9.97. The molecule has 8 nitrogen and oxygen atoms in total. The molecule has 0 amide bonds. The molecule has 0 radical (unpaired) electrons. The molecule has 0 saturated heterocycles. The topological polar surface area (TPSA) is 98.6 Å². The summed E-state index contributed by atoms with van der Waals surface area (Å²) in [5, 5.41) is 23.3. The Morgan fingerprint density at radius 3 is 1.39 bits per heavy atom. The third-order valence-corrected chi connectivity index (χ3v) is 24.7. The molecule has 24 rings (SSSR count). The average Bonchev–Trinajstić information content (AvgIpc) is 1.54. The number of nitrogens with zero attached hydrogens (tertiary/aromatic N) is 5. The van der Waals surface area contributed by atoms with E-state index in [4.69, 9.17) is 30.4 Å². The number of furan rings is 2. The molecule has 13 heteroatoms. The molecule has 0 fully saturated rings. The molecular weight excluding hydrogens is 1340 g/mol. The summed E-state index contributed by atoms with van der Waals surface area (Å²) in [4.78, 5) is 25.6. The molecule has 0 bridgehead atoms. The van der Waals surface area contributed by atoms with E-state index in [1.54, 1.807) is 22.7 Å². The zero-order valence-corrected chi connectivity index (χ0v) is 57.1. The van der Waals surface area contributed by atoms with Crippen LogP contribution in [-0.4, -0.2) is 29.5 Å². The molecule has 0 unspecified atom stereocenters. The summed E-state index contributed by atoms with van der Waals surface area (Å²) < 4.78 is 22.1. The first-order chi connectivity index (χ1) is 50.0. The zero-order chi connectivity index (χ0) is 66.1. The number of fused-ring (bicyclic) bond motifs is 32. The van der Waals surface area contributed by atoms with Crippen LogP contribution >= 0.6 is 56.9 Å². The van der Waals surface area contributed by atoms with Crippen LogP contribution in [0, 0.1) is 6.08 Å². The van der Waals surface area contributed by atoms with Crippen molar-refractivity contribution in [1.82, 2.24) is 29.5 Å². The molecule has 1 aliphatic carbocycles. The maximum absolute atomic E-state index is 6.26. The van der Waals surface area contributed by atoms with E-state index >= 15 is 0 Å². The fourth-order valence-electron chi connectivity index (χ4n) is 15.7. The Hall–Kier alpha value is -12.0. The van der Waals surface area contributed by atoms with Crippen molar-refractivity contribution < 1.29 is 8.83 Å². The second-order valence-electron chi connectivity index (χ2n) is 25.5. The number of benzene rings is 13. The summed E-state index contributed by atoms with van der Waals surface area (Å²) in [6.07, 6.45) is 9.40. The molecule has 13 aromatic carbocycles. The van der Waals surface area contributed by atoms with Gasteiger partial charge in [-0.25, -0.2) is 19.9 Å². The number of halogens is 1. The minimum Gasteiger partial charge on any atom is -0.456 e. The summed E-state index contributed by atoms with van der Waals surface area (Å²) in [7, 11) is 0. The van der Waals surface area contributed by atoms with Crippen molar-refractivity contribution in [2.45, 2.75) is 0 Å². The van der Waals surface area contributed by atoms with Gasteiger partial charge in [-0.2, -0.15) is 0 Å². The highest BCUT2D eigenvalue weighted by Gasteiger charge is 2.27. The Morgan fingerprint density at radius 2 is 0.802 bits per heavy atom. The van der Waals surface area contributed by atoms with E-state index in [9.17, 15) is 0 Å². The van der Waals surface area contributed by atoms with Gasteiger partial charge in [-0.1, -0.05) is 176 Å². The van der Waals surface area contributed by atoms with E-state index in [1.807, 2.05) is 89.4 Å². The second kappa shape index (κ2) is 22.0. The van der Waals surface area contributed by atoms with E-state index in [1.165, 1.54) is 104 Å². The van der Waals surface area contributed by atoms with Crippen LogP contribution in [0.5, 0.6) is 0 Å². The monoisotopic (exact) mass is 1380 g/mol. The number of H-pyrrole nitrogens is 1. The predicted octanol–water partition coefficient (Wildman–Crippen LogP) is 26.6. The SMILES string of the molecule is Clc1nc(-c2ccc3oc4ccccc4c3c2)c2c(n1)sc1ccccc12.[C+]1=Cc2[nH]c3c4sc5ccccc5c4c4ccccc4c3c2C=C1.c1ccc2c(c1)oc1ccc(-c3nc(-n4c5ccccc5c5c6ccccc6c6c7ccccc7sc6c54)nc4sc5ccccc5c34)cc12. The van der Waals surface area contributed by atoms with E-state index in [-0.39, 0.29) is 5.28 Å². The van der Waals surface area contributed by atoms with Gasteiger partial charge in [0, 0.05) is 117 Å². The molecule has 0 spiro atoms. The maximum Gasteiger partial charge on any atom is 0.236 e. The highest BCUT2D eigenvalue weighted by atomic mass is 35.5. The minimum absolute atomic E-state index is 0.265. The molecule has 0 atom stereocenters. The van der Waals surface area contributed by atoms with Gasteiger partial charge in [0.2, 0.25) is 11.2 Å². The maximum atomic E-state index is 6.26. The van der Waals surface area contributed by atoms with Gasteiger partial charge in [0.25, 0.3) is 0 Å². The van der Waals surface area contributed by atoms with E-state index in [0.717, 1.165) is 109 Å². The third-order valence-electron chi connectivity index (χ3n) is 20.0. The van der Waals surface area contributed by atoms with Gasteiger partial charge < -0.3 is 8.83 Å². The van der Waals surface area contributed by atoms with Crippen molar-refractivity contribution in [3.8, 4) is 28.5 Å². The highest BCUT2D eigenvalue weighted by molar-refractivity contribution is 7.27. The van der Waals surface area contributed by atoms with Crippen molar-refractivity contribution in [2.24, 2.45) is 0 Å². The number of rotatable bonds is 3. The van der Waals surface area contributed by atoms with Gasteiger partial charge in [0.05, 0.1) is 43.4 Å². The first-order valence-corrected chi connectivity index (χ1v) is 36.9. The summed E-state index contributed by atoms with van der Waals surface area (Å²) in [6, 6.07) is 89.7. The van der Waals surface area contributed by atoms with Crippen molar-refractivity contribution in [3.63, 3.8) is 0 Å². The Morgan fingerprint density at radius 1 is 0.366 bits per heavy atom. The van der Waals surface area contributed by atoms with Gasteiger partial charge in [-0.05, 0) is 112 Å². The van der Waals surface area contributed by atoms with Gasteiger partial charge in [0.1, 0.15) is 49.7 Å². The smallest absolute Gasteiger partial charge is 0.236 e. The van der Waals surface area contributed by atoms with Crippen LogP contribution in [0.15, 0.2) is 270 Å². The number of nitrogens with one attached hydrogen (secondary N) is 1. The van der Waals surface area contributed by atoms with Crippen LogP contribution in [-0.2, 0) is 0 Å². The Balaban J connectivity index is 0.000000106. The van der Waals surface area contributed by atoms with Crippen molar-refractivity contribution >= 4 is 248 Å². The molecule has 10 aromatic heterocycles. The molecule has 0 saturated carbocycles. The lowest BCUT2D eigenvalue weighted by molar-refractivity contribution is 0.668. The molecular formula is C88H46ClN6O2S4+. The number of aromatic amines is 1. The van der Waals surface area contributed by atoms with Crippen LogP contribution in [0.4, 0.5) is 0 Å². The first-order valence-electron chi connectivity index (χ1n) is 33.3. The van der Waals surface area contributed by atoms with Crippen molar-refractivity contribution in [2.75, 3.05) is 0 Å². The Bertz CT molecular complexity index is 7580. The highest BCUT2D eigenvalue weighted by Crippen LogP contribution is 2.51. The molecule has 470 valence electrons. The van der Waals surface area contributed by atoms with Gasteiger partial charge in [-0.15, -0.1) is 45.3 Å². The lowest BCUT2D eigenvalue weighted by Crippen LogP contribution is -2.02. The molecule has 0 aliphatic heterocycles. The Labute approximate surface area is 593 Å². The van der Waals surface area contributed by atoms with Gasteiger partial charge in [-0.3, -0.25) is 9.55 Å². The van der Waals surface area contributed by atoms with Crippen molar-refractivity contribution in [3.05, 3.63) is 283 Å². The van der Waals surface area contributed by atoms with Crippen LogP contribution in [0.25, 0.3) is 220 Å². The van der Waals surface area contributed by atoms with Crippen LogP contribution in [0.3, 0.4) is 0 Å². The first kappa shape index (κ1) is 57.0. The zero-order valence-electron chi connectivity index (χ0n) is 53.0. The van der Waals surface area contributed by atoms with Gasteiger partial charge >= 0.3 is 0 Å². The van der Waals surface area contributed by atoms with Crippen LogP contribution in [0.1, 0.15) is 11.3 Å². The van der Waals surface area contributed by atoms with Crippen LogP contribution in [0.2, 0.25) is 5.28 Å². The average molecular weight is 1380 g/mol. The third kappa shape index (κ3) is 8.55. The summed E-state index contributed by atoms with van der Waals surface area (Å²) in [6.45, 7) is 0. The van der Waals surface area contributed by atoms with E-state index in [0.29, 0.717) is 5.95 Å². The summed E-state index contributed by atoms with van der Waals surface area (Å²) >= 11 is 13.4. The van der Waals surface area contributed by atoms with Crippen LogP contribution < -0.4 is 0 Å². The molecule has 23 aromatic rings. The number of thiophene rings is 4. The second-order valence-corrected chi connectivity index (χ2v) is 30.0. The number of allylic oxidation sites excluding steroid dienone is 2. The number of hydrogen-bond acceptors (Lipinski definition) is 10. The fourth-order valence-corrected chi connectivity index (χ4v) is 20.6. The standard InChI is InChI=1S/C44H23N3OS2.C22H11ClN2OS.C22H12NS/c1-2-13-27-26(12-1)37-28-14-3-7-17-32(28)47(41(37)42-38(27)29-15-5-9-19-35(29)49-42)44-45-40(39-30-16-6-10-20-36(30)50-43(39)46-44)24-21-22-34-31(23-24)25-11-4-8-18-33(25)48-34;23-22-24-20(19-14-6-2-4-8-18(14)27-21(19)25-22)12-9-10-17-15(11-12)13-5-1-3-7-16(13)26-17;1-2-8-14-13(7-1)19-15-9-3-5-11-17(15)23-21(19)22-20(14)16-10-4-6-12-18(16)24-22/h1-23H;1-11H;1-4,6-12,23H/q;;+1. The number of hydrogen-bond donors (Lipinski definition) is 1. The molecule has 101 heavy (non-hydrogen) atoms. The largest absolute Gasteiger partial charge is 0.456 e. The fraction of sp³-hybridized carbons (Fsp3) is 0. The lowest BCUT2D eigenvalue weighted by Gasteiger charge is -2.11. The van der Waals surface area contributed by atoms with Crippen molar-refractivity contribution in [1.29, 1.82) is 0 Å². The molecule has 10 heterocycles. The molecule has 1 aliphatic rings. The number of aromatic nitrogens is 6. The Kier molecular flexibility index (Phi) is 12.4.